The molecule has 3 aliphatic rings. The van der Waals surface area contributed by atoms with Crippen LogP contribution >= 0.6 is 0 Å². The third kappa shape index (κ3) is 4.42. The van der Waals surface area contributed by atoms with Crippen molar-refractivity contribution in [3.8, 4) is 12.3 Å². The van der Waals surface area contributed by atoms with E-state index in [1.54, 1.807) is 24.4 Å². The summed E-state index contributed by atoms with van der Waals surface area (Å²) < 4.78 is 1.85. The van der Waals surface area contributed by atoms with Crippen molar-refractivity contribution >= 4 is 29.3 Å². The van der Waals surface area contributed by atoms with Gasteiger partial charge in [0, 0.05) is 44.0 Å². The molecule has 1 aromatic carbocycles. The van der Waals surface area contributed by atoms with E-state index in [-0.39, 0.29) is 24.4 Å². The van der Waals surface area contributed by atoms with Crippen molar-refractivity contribution in [1.29, 1.82) is 0 Å². The molecule has 4 amide bonds. The van der Waals surface area contributed by atoms with Gasteiger partial charge in [-0.05, 0) is 31.4 Å². The van der Waals surface area contributed by atoms with Crippen LogP contribution in [0, 0.1) is 12.3 Å². The Morgan fingerprint density at radius 3 is 2.60 bits per heavy atom. The molecule has 0 saturated carbocycles. The van der Waals surface area contributed by atoms with Crippen molar-refractivity contribution in [3.05, 3.63) is 47.3 Å². The van der Waals surface area contributed by atoms with Gasteiger partial charge in [-0.1, -0.05) is 12.0 Å². The smallest absolute Gasteiger partial charge is 0.264 e. The number of aromatic nitrogens is 2. The van der Waals surface area contributed by atoms with Gasteiger partial charge < -0.3 is 10.2 Å². The average molecular weight is 475 g/mol. The van der Waals surface area contributed by atoms with Gasteiger partial charge in [0.1, 0.15) is 6.04 Å². The van der Waals surface area contributed by atoms with Crippen LogP contribution in [0.25, 0.3) is 0 Å². The number of likely N-dealkylation sites (tertiary alicyclic amines) is 1. The highest BCUT2D eigenvalue weighted by atomic mass is 16.2. The maximum absolute atomic E-state index is 13.3. The fourth-order valence-corrected chi connectivity index (χ4v) is 4.96. The molecule has 3 aliphatic heterocycles. The highest BCUT2D eigenvalue weighted by Crippen LogP contribution is 2.33. The predicted molar refractivity (Wildman–Crippen MR) is 126 cm³/mol. The standard InChI is InChI=1S/C25H26N6O4/c1-2-16-14-26-30(15-16)13-12-29-10-8-17(9-11-29)27-19-5-3-4-18-22(19)25(35)31(24(18)34)20-6-7-21(32)28-23(20)33/h1,3-5,14-15,17,20,27H,6-13H2,(H,28,32,33). The van der Waals surface area contributed by atoms with E-state index in [1.165, 1.54) is 0 Å². The maximum Gasteiger partial charge on any atom is 0.264 e. The van der Waals surface area contributed by atoms with E-state index in [1.807, 2.05) is 10.9 Å². The van der Waals surface area contributed by atoms with Crippen LogP contribution in [0.5, 0.6) is 0 Å². The molecule has 35 heavy (non-hydrogen) atoms. The number of carbonyl (C=O) groups excluding carboxylic acids is 4. The van der Waals surface area contributed by atoms with Gasteiger partial charge in [0.05, 0.1) is 29.4 Å². The number of hydrogen-bond acceptors (Lipinski definition) is 7. The van der Waals surface area contributed by atoms with Crippen molar-refractivity contribution in [3.63, 3.8) is 0 Å². The van der Waals surface area contributed by atoms with E-state index in [0.29, 0.717) is 11.3 Å². The number of imide groups is 2. The van der Waals surface area contributed by atoms with Crippen LogP contribution in [0.4, 0.5) is 5.69 Å². The lowest BCUT2D eigenvalue weighted by molar-refractivity contribution is -0.136. The van der Waals surface area contributed by atoms with Gasteiger partial charge in [-0.3, -0.25) is 34.1 Å². The van der Waals surface area contributed by atoms with E-state index in [4.69, 9.17) is 6.42 Å². The SMILES string of the molecule is C#Cc1cnn(CCN2CCC(Nc3cccc4c3C(=O)N(C3CCC(=O)NC3=O)C4=O)CC2)c1. The summed E-state index contributed by atoms with van der Waals surface area (Å²) in [4.78, 5) is 53.5. The summed E-state index contributed by atoms with van der Waals surface area (Å²) in [5.41, 5.74) is 1.96. The lowest BCUT2D eigenvalue weighted by Gasteiger charge is -2.33. The molecule has 10 nitrogen and oxygen atoms in total. The van der Waals surface area contributed by atoms with Crippen LogP contribution < -0.4 is 10.6 Å². The number of hydrogen-bond donors (Lipinski definition) is 2. The summed E-state index contributed by atoms with van der Waals surface area (Å²) >= 11 is 0. The Morgan fingerprint density at radius 2 is 1.89 bits per heavy atom. The fourth-order valence-electron chi connectivity index (χ4n) is 4.96. The first-order valence-corrected chi connectivity index (χ1v) is 11.8. The van der Waals surface area contributed by atoms with Crippen LogP contribution in [0.3, 0.4) is 0 Å². The van der Waals surface area contributed by atoms with E-state index in [9.17, 15) is 19.2 Å². The molecule has 5 rings (SSSR count). The first kappa shape index (κ1) is 22.8. The zero-order valence-corrected chi connectivity index (χ0v) is 19.2. The highest BCUT2D eigenvalue weighted by molar-refractivity contribution is 6.25. The van der Waals surface area contributed by atoms with Crippen LogP contribution in [0.2, 0.25) is 0 Å². The molecule has 180 valence electrons. The summed E-state index contributed by atoms with van der Waals surface area (Å²) in [6.45, 7) is 3.42. The number of carbonyl (C=O) groups is 4. The molecule has 2 aromatic rings. The third-order valence-electron chi connectivity index (χ3n) is 6.86. The van der Waals surface area contributed by atoms with Gasteiger partial charge in [0.25, 0.3) is 11.8 Å². The van der Waals surface area contributed by atoms with Crippen LogP contribution in [-0.2, 0) is 16.1 Å². The molecule has 2 fully saturated rings. The largest absolute Gasteiger partial charge is 0.382 e. The minimum Gasteiger partial charge on any atom is -0.382 e. The fraction of sp³-hybridized carbons (Fsp3) is 0.400. The lowest BCUT2D eigenvalue weighted by Crippen LogP contribution is -2.54. The molecule has 0 aliphatic carbocycles. The van der Waals surface area contributed by atoms with Gasteiger partial charge in [-0.25, -0.2) is 0 Å². The zero-order chi connectivity index (χ0) is 24.5. The first-order valence-electron chi connectivity index (χ1n) is 11.8. The molecule has 10 heteroatoms. The maximum atomic E-state index is 13.3. The molecular weight excluding hydrogens is 448 g/mol. The second-order valence-electron chi connectivity index (χ2n) is 9.07. The number of rotatable bonds is 6. The molecule has 0 bridgehead atoms. The predicted octanol–water partition coefficient (Wildman–Crippen LogP) is 0.842. The Labute approximate surface area is 202 Å². The number of nitrogens with zero attached hydrogens (tertiary/aromatic N) is 4. The van der Waals surface area contributed by atoms with Gasteiger partial charge >= 0.3 is 0 Å². The number of nitrogens with one attached hydrogen (secondary N) is 2. The number of benzene rings is 1. The summed E-state index contributed by atoms with van der Waals surface area (Å²) in [6.07, 6.45) is 10.9. The van der Waals surface area contributed by atoms with Crippen molar-refractivity contribution in [1.82, 2.24) is 24.9 Å². The monoisotopic (exact) mass is 474 g/mol. The third-order valence-corrected chi connectivity index (χ3v) is 6.86. The highest BCUT2D eigenvalue weighted by Gasteiger charge is 2.45. The van der Waals surface area contributed by atoms with Crippen molar-refractivity contribution < 1.29 is 19.2 Å². The summed E-state index contributed by atoms with van der Waals surface area (Å²) in [5.74, 6) is 0.588. The van der Waals surface area contributed by atoms with Gasteiger partial charge in [-0.2, -0.15) is 5.10 Å². The Morgan fingerprint density at radius 1 is 1.09 bits per heavy atom. The average Bonchev–Trinajstić information content (AvgIpc) is 3.42. The lowest BCUT2D eigenvalue weighted by atomic mass is 10.0. The molecule has 0 radical (unpaired) electrons. The van der Waals surface area contributed by atoms with Crippen LogP contribution in [-0.4, -0.2) is 74.9 Å². The number of anilines is 1. The first-order chi connectivity index (χ1) is 16.9. The number of piperidine rings is 2. The Kier molecular flexibility index (Phi) is 6.09. The summed E-state index contributed by atoms with van der Waals surface area (Å²) in [5, 5.41) is 9.95. The summed E-state index contributed by atoms with van der Waals surface area (Å²) in [7, 11) is 0. The normalized spacial score (nSPS) is 21.1. The van der Waals surface area contributed by atoms with Crippen molar-refractivity contribution in [2.45, 2.75) is 44.3 Å². The van der Waals surface area contributed by atoms with Crippen LogP contribution in [0.1, 0.15) is 52.0 Å². The van der Waals surface area contributed by atoms with E-state index in [0.717, 1.165) is 49.5 Å². The van der Waals surface area contributed by atoms with E-state index in [2.05, 4.69) is 26.6 Å². The van der Waals surface area contributed by atoms with Crippen molar-refractivity contribution in [2.24, 2.45) is 0 Å². The van der Waals surface area contributed by atoms with Crippen molar-refractivity contribution in [2.75, 3.05) is 25.0 Å². The Bertz CT molecular complexity index is 1240. The van der Waals surface area contributed by atoms with Crippen LogP contribution in [0.15, 0.2) is 30.6 Å². The topological polar surface area (TPSA) is 117 Å². The number of amides is 4. The van der Waals surface area contributed by atoms with Gasteiger partial charge in [-0.15, -0.1) is 6.42 Å². The zero-order valence-electron chi connectivity index (χ0n) is 19.2. The second kappa shape index (κ2) is 9.35. The Hall–Kier alpha value is -3.97. The van der Waals surface area contributed by atoms with E-state index < -0.39 is 29.7 Å². The van der Waals surface area contributed by atoms with E-state index >= 15 is 0 Å². The minimum absolute atomic E-state index is 0.0962. The molecule has 1 aromatic heterocycles. The molecule has 4 heterocycles. The molecule has 0 spiro atoms. The second-order valence-corrected chi connectivity index (χ2v) is 9.07. The molecular formula is C25H26N6O4. The van der Waals surface area contributed by atoms with Gasteiger partial charge in [0.2, 0.25) is 11.8 Å². The Balaban J connectivity index is 1.21. The summed E-state index contributed by atoms with van der Waals surface area (Å²) in [6, 6.07) is 4.33. The molecule has 1 unspecified atom stereocenters. The van der Waals surface area contributed by atoms with Gasteiger partial charge in [0.15, 0.2) is 0 Å². The molecule has 2 saturated heterocycles. The number of terminal acetylenes is 1. The quantitative estimate of drug-likeness (QED) is 0.471. The number of fused-ring (bicyclic) bond motifs is 1. The molecule has 2 N–H and O–H groups in total. The minimum atomic E-state index is -0.970. The molecule has 1 atom stereocenters.